The van der Waals surface area contributed by atoms with Gasteiger partial charge in [0.1, 0.15) is 10.8 Å². The van der Waals surface area contributed by atoms with Crippen LogP contribution >= 0.6 is 11.3 Å². The van der Waals surface area contributed by atoms with E-state index in [-0.39, 0.29) is 19.3 Å². The lowest BCUT2D eigenvalue weighted by molar-refractivity contribution is 0.229. The van der Waals surface area contributed by atoms with Crippen LogP contribution in [0.5, 0.6) is 0 Å². The Hall–Kier alpha value is -2.29. The van der Waals surface area contributed by atoms with Crippen molar-refractivity contribution in [2.45, 2.75) is 32.2 Å². The number of aliphatic hydroxyl groups is 2. The first-order chi connectivity index (χ1) is 13.7. The summed E-state index contributed by atoms with van der Waals surface area (Å²) in [5, 5.41) is 26.1. The van der Waals surface area contributed by atoms with Gasteiger partial charge >= 0.3 is 0 Å². The first-order valence-electron chi connectivity index (χ1n) is 9.64. The van der Waals surface area contributed by atoms with E-state index in [0.29, 0.717) is 18.4 Å². The van der Waals surface area contributed by atoms with Crippen molar-refractivity contribution in [2.24, 2.45) is 5.92 Å². The van der Waals surface area contributed by atoms with Gasteiger partial charge in [0.05, 0.1) is 28.1 Å². The molecular weight excluding hydrogens is 374 g/mol. The minimum Gasteiger partial charge on any atom is -0.396 e. The van der Waals surface area contributed by atoms with Crippen LogP contribution in [0.2, 0.25) is 0 Å². The van der Waals surface area contributed by atoms with E-state index >= 15 is 0 Å². The van der Waals surface area contributed by atoms with Crippen molar-refractivity contribution in [1.82, 2.24) is 15.0 Å². The van der Waals surface area contributed by atoms with Gasteiger partial charge in [0, 0.05) is 19.2 Å². The number of aromatic nitrogens is 3. The first-order valence-corrected chi connectivity index (χ1v) is 10.5. The zero-order chi connectivity index (χ0) is 19.5. The third-order valence-electron chi connectivity index (χ3n) is 5.13. The predicted molar refractivity (Wildman–Crippen MR) is 113 cm³/mol. The fraction of sp³-hybridized carbons (Fsp3) is 0.450. The second-order valence-corrected chi connectivity index (χ2v) is 8.23. The summed E-state index contributed by atoms with van der Waals surface area (Å²) in [5.74, 6) is 1.60. The van der Waals surface area contributed by atoms with Crippen molar-refractivity contribution in [2.75, 3.05) is 30.4 Å². The van der Waals surface area contributed by atoms with Crippen molar-refractivity contribution in [3.63, 3.8) is 0 Å². The molecule has 0 saturated heterocycles. The summed E-state index contributed by atoms with van der Waals surface area (Å²) in [5.41, 5.74) is 2.73. The maximum atomic E-state index is 9.45. The topological polar surface area (TPSA) is 103 Å². The fourth-order valence-corrected chi connectivity index (χ4v) is 4.79. The Kier molecular flexibility index (Phi) is 5.70. The number of benzene rings is 1. The van der Waals surface area contributed by atoms with Gasteiger partial charge in [0.15, 0.2) is 0 Å². The van der Waals surface area contributed by atoms with E-state index in [1.54, 1.807) is 11.3 Å². The van der Waals surface area contributed by atoms with E-state index in [1.807, 2.05) is 25.1 Å². The molecule has 0 spiro atoms. The molecule has 0 amide bonds. The number of anilines is 2. The molecule has 1 aliphatic rings. The smallest absolute Gasteiger partial charge is 0.224 e. The lowest BCUT2D eigenvalue weighted by atomic mass is 10.1. The van der Waals surface area contributed by atoms with Crippen LogP contribution in [0.3, 0.4) is 0 Å². The minimum absolute atomic E-state index is 0.0194. The van der Waals surface area contributed by atoms with Crippen molar-refractivity contribution < 1.29 is 10.2 Å². The first kappa shape index (κ1) is 19.0. The number of nitrogens with one attached hydrogen (secondary N) is 2. The summed E-state index contributed by atoms with van der Waals surface area (Å²) < 4.78 is 1.13. The molecule has 28 heavy (non-hydrogen) atoms. The van der Waals surface area contributed by atoms with Crippen molar-refractivity contribution in [1.29, 1.82) is 0 Å². The standard InChI is InChI=1S/C20H25N5O2S/c1-12-17(19-24-15-4-2-3-5-16(15)28-19)18(25-20(22-12)21-8-9-26)23-14-7-6-13(10-14)11-27/h2-5,13-14,26-27H,6-11H2,1H3,(H2,21,22,23,25)/t13-,14+/m1/s1. The Bertz CT molecular complexity index is 928. The Labute approximate surface area is 167 Å². The molecule has 2 atom stereocenters. The normalized spacial score (nSPS) is 19.2. The molecule has 7 nitrogen and oxygen atoms in total. The summed E-state index contributed by atoms with van der Waals surface area (Å²) in [7, 11) is 0. The van der Waals surface area contributed by atoms with Gasteiger partial charge in [-0.25, -0.2) is 9.97 Å². The number of aryl methyl sites for hydroxylation is 1. The van der Waals surface area contributed by atoms with E-state index in [2.05, 4.69) is 21.7 Å². The van der Waals surface area contributed by atoms with Gasteiger partial charge < -0.3 is 20.8 Å². The second kappa shape index (κ2) is 8.38. The molecule has 4 N–H and O–H groups in total. The maximum Gasteiger partial charge on any atom is 0.224 e. The molecule has 1 aliphatic carbocycles. The Morgan fingerprint density at radius 3 is 2.75 bits per heavy atom. The Morgan fingerprint density at radius 2 is 2.00 bits per heavy atom. The number of fused-ring (bicyclic) bond motifs is 1. The summed E-state index contributed by atoms with van der Waals surface area (Å²) >= 11 is 1.63. The molecule has 3 aromatic rings. The van der Waals surface area contributed by atoms with Gasteiger partial charge in [-0.05, 0) is 44.2 Å². The average molecular weight is 400 g/mol. The molecule has 8 heteroatoms. The third kappa shape index (κ3) is 3.94. The van der Waals surface area contributed by atoms with Crippen LogP contribution in [-0.2, 0) is 0 Å². The molecule has 1 fully saturated rings. The molecule has 0 aliphatic heterocycles. The Balaban J connectivity index is 1.72. The Morgan fingerprint density at radius 1 is 1.14 bits per heavy atom. The van der Waals surface area contributed by atoms with Crippen molar-refractivity contribution in [3.05, 3.63) is 30.0 Å². The van der Waals surface area contributed by atoms with Gasteiger partial charge in [0.2, 0.25) is 5.95 Å². The highest BCUT2D eigenvalue weighted by molar-refractivity contribution is 7.21. The summed E-state index contributed by atoms with van der Waals surface area (Å²) in [4.78, 5) is 14.1. The summed E-state index contributed by atoms with van der Waals surface area (Å²) in [6.45, 7) is 2.61. The van der Waals surface area contributed by atoms with Gasteiger partial charge in [-0.1, -0.05) is 12.1 Å². The van der Waals surface area contributed by atoms with E-state index in [9.17, 15) is 5.11 Å². The quantitative estimate of drug-likeness (QED) is 0.484. The van der Waals surface area contributed by atoms with Gasteiger partial charge in [-0.2, -0.15) is 4.98 Å². The number of rotatable bonds is 7. The van der Waals surface area contributed by atoms with Gasteiger partial charge in [-0.3, -0.25) is 0 Å². The molecule has 148 valence electrons. The molecule has 0 radical (unpaired) electrons. The highest BCUT2D eigenvalue weighted by Gasteiger charge is 2.26. The number of para-hydroxylation sites is 1. The van der Waals surface area contributed by atoms with Crippen LogP contribution in [0.1, 0.15) is 25.0 Å². The number of aliphatic hydroxyl groups excluding tert-OH is 2. The van der Waals surface area contributed by atoms with Crippen molar-refractivity contribution in [3.8, 4) is 10.6 Å². The number of nitrogens with zero attached hydrogens (tertiary/aromatic N) is 3. The molecular formula is C20H25N5O2S. The largest absolute Gasteiger partial charge is 0.396 e. The van der Waals surface area contributed by atoms with E-state index in [1.165, 1.54) is 0 Å². The average Bonchev–Trinajstić information content (AvgIpc) is 3.32. The maximum absolute atomic E-state index is 9.45. The van der Waals surface area contributed by atoms with Crippen LogP contribution in [0.4, 0.5) is 11.8 Å². The number of hydrogen-bond donors (Lipinski definition) is 4. The van der Waals surface area contributed by atoms with Crippen LogP contribution < -0.4 is 10.6 Å². The summed E-state index contributed by atoms with van der Waals surface area (Å²) in [6, 6.07) is 8.36. The van der Waals surface area contributed by atoms with Crippen LogP contribution in [0.25, 0.3) is 20.8 Å². The highest BCUT2D eigenvalue weighted by atomic mass is 32.1. The molecule has 1 saturated carbocycles. The number of hydrogen-bond acceptors (Lipinski definition) is 8. The monoisotopic (exact) mass is 399 g/mol. The lowest BCUT2D eigenvalue weighted by Gasteiger charge is -2.18. The minimum atomic E-state index is 0.0194. The fourth-order valence-electron chi connectivity index (χ4n) is 3.72. The van der Waals surface area contributed by atoms with E-state index < -0.39 is 0 Å². The molecule has 2 heterocycles. The van der Waals surface area contributed by atoms with Crippen molar-refractivity contribution >= 4 is 33.3 Å². The molecule has 0 unspecified atom stereocenters. The van der Waals surface area contributed by atoms with Crippen LogP contribution in [-0.4, -0.2) is 51.0 Å². The van der Waals surface area contributed by atoms with Crippen LogP contribution in [0, 0.1) is 12.8 Å². The van der Waals surface area contributed by atoms with E-state index in [4.69, 9.17) is 15.1 Å². The molecule has 2 aromatic heterocycles. The zero-order valence-corrected chi connectivity index (χ0v) is 16.7. The molecule has 0 bridgehead atoms. The second-order valence-electron chi connectivity index (χ2n) is 7.20. The predicted octanol–water partition coefficient (Wildman–Crippen LogP) is 3.04. The molecule has 1 aromatic carbocycles. The zero-order valence-electron chi connectivity index (χ0n) is 15.9. The number of thiazole rings is 1. The summed E-state index contributed by atoms with van der Waals surface area (Å²) in [6.07, 6.45) is 2.95. The van der Waals surface area contributed by atoms with Gasteiger partial charge in [0.25, 0.3) is 0 Å². The van der Waals surface area contributed by atoms with Gasteiger partial charge in [-0.15, -0.1) is 11.3 Å². The molecule has 4 rings (SSSR count). The highest BCUT2D eigenvalue weighted by Crippen LogP contribution is 2.37. The SMILES string of the molecule is Cc1nc(NCCO)nc(N[C@H]2CC[C@@H](CO)C2)c1-c1nc2ccccc2s1. The van der Waals surface area contributed by atoms with Crippen LogP contribution in [0.15, 0.2) is 24.3 Å². The third-order valence-corrected chi connectivity index (χ3v) is 6.19. The van der Waals surface area contributed by atoms with E-state index in [0.717, 1.165) is 51.6 Å². The lowest BCUT2D eigenvalue weighted by Crippen LogP contribution is -2.19.